The summed E-state index contributed by atoms with van der Waals surface area (Å²) in [6.45, 7) is 3.66. The lowest BCUT2D eigenvalue weighted by molar-refractivity contribution is 0.0685. The Balaban J connectivity index is 3.28. The molecule has 0 aromatic carbocycles. The van der Waals surface area contributed by atoms with Crippen LogP contribution in [0.5, 0.6) is 0 Å². The number of aryl methyl sites for hydroxylation is 2. The van der Waals surface area contributed by atoms with Crippen LogP contribution in [0.3, 0.4) is 0 Å². The van der Waals surface area contributed by atoms with Crippen molar-refractivity contribution < 1.29 is 9.90 Å². The summed E-state index contributed by atoms with van der Waals surface area (Å²) in [5.41, 5.74) is 0.869. The monoisotopic (exact) mass is 168 g/mol. The van der Waals surface area contributed by atoms with Crippen molar-refractivity contribution in [1.82, 2.24) is 9.55 Å². The zero-order chi connectivity index (χ0) is 9.30. The van der Waals surface area contributed by atoms with E-state index in [9.17, 15) is 4.79 Å². The van der Waals surface area contributed by atoms with Gasteiger partial charge in [0.2, 0.25) is 0 Å². The smallest absolute Gasteiger partial charge is 0.354 e. The van der Waals surface area contributed by atoms with Crippen LogP contribution < -0.4 is 0 Å². The van der Waals surface area contributed by atoms with Crippen LogP contribution in [0.15, 0.2) is 0 Å². The first-order valence-electron chi connectivity index (χ1n) is 3.83. The summed E-state index contributed by atoms with van der Waals surface area (Å²) in [7, 11) is 1.72. The Morgan fingerprint density at radius 2 is 2.25 bits per heavy atom. The molecule has 0 atom stereocenters. The third-order valence-electron chi connectivity index (χ3n) is 1.88. The summed E-state index contributed by atoms with van der Waals surface area (Å²) in [5, 5.41) is 8.79. The van der Waals surface area contributed by atoms with E-state index in [4.69, 9.17) is 5.11 Å². The third-order valence-corrected chi connectivity index (χ3v) is 1.88. The van der Waals surface area contributed by atoms with Crippen molar-refractivity contribution in [3.63, 3.8) is 0 Å². The van der Waals surface area contributed by atoms with Gasteiger partial charge in [0, 0.05) is 13.5 Å². The molecule has 1 aromatic rings. The van der Waals surface area contributed by atoms with E-state index in [-0.39, 0.29) is 5.69 Å². The fourth-order valence-corrected chi connectivity index (χ4v) is 1.31. The van der Waals surface area contributed by atoms with Crippen LogP contribution in [0.25, 0.3) is 0 Å². The van der Waals surface area contributed by atoms with Gasteiger partial charge in [-0.2, -0.15) is 0 Å². The Labute approximate surface area is 70.9 Å². The zero-order valence-electron chi connectivity index (χ0n) is 7.46. The largest absolute Gasteiger partial charge is 0.477 e. The molecule has 0 spiro atoms. The lowest BCUT2D eigenvalue weighted by Crippen LogP contribution is -2.07. The minimum absolute atomic E-state index is 0.284. The number of aromatic nitrogens is 2. The van der Waals surface area contributed by atoms with Gasteiger partial charge in [0.1, 0.15) is 11.5 Å². The van der Waals surface area contributed by atoms with E-state index < -0.39 is 5.97 Å². The molecule has 0 radical (unpaired) electrons. The van der Waals surface area contributed by atoms with Gasteiger partial charge in [0.15, 0.2) is 0 Å². The molecule has 0 aliphatic carbocycles. The molecule has 66 valence electrons. The second kappa shape index (κ2) is 2.97. The summed E-state index contributed by atoms with van der Waals surface area (Å²) in [5.74, 6) is -0.105. The Hall–Kier alpha value is -1.32. The lowest BCUT2D eigenvalue weighted by atomic mass is 10.3. The fraction of sp³-hybridized carbons (Fsp3) is 0.500. The van der Waals surface area contributed by atoms with Gasteiger partial charge in [0.25, 0.3) is 0 Å². The van der Waals surface area contributed by atoms with Crippen LogP contribution in [-0.4, -0.2) is 20.6 Å². The molecule has 0 aliphatic rings. The quantitative estimate of drug-likeness (QED) is 0.716. The van der Waals surface area contributed by atoms with Crippen LogP contribution in [-0.2, 0) is 13.5 Å². The number of nitrogens with zero attached hydrogens (tertiary/aromatic N) is 2. The van der Waals surface area contributed by atoms with E-state index in [1.165, 1.54) is 0 Å². The molecule has 0 saturated carbocycles. The highest BCUT2D eigenvalue weighted by molar-refractivity contribution is 5.87. The molecule has 1 aromatic heterocycles. The van der Waals surface area contributed by atoms with Crippen LogP contribution in [0, 0.1) is 6.92 Å². The van der Waals surface area contributed by atoms with E-state index in [2.05, 4.69) is 4.98 Å². The van der Waals surface area contributed by atoms with Crippen molar-refractivity contribution in [3.8, 4) is 0 Å². The van der Waals surface area contributed by atoms with Crippen LogP contribution in [0.2, 0.25) is 0 Å². The molecule has 0 fully saturated rings. The van der Waals surface area contributed by atoms with Crippen molar-refractivity contribution in [3.05, 3.63) is 17.2 Å². The number of hydrogen-bond donors (Lipinski definition) is 1. The van der Waals surface area contributed by atoms with E-state index >= 15 is 0 Å². The maximum atomic E-state index is 10.7. The Morgan fingerprint density at radius 1 is 1.67 bits per heavy atom. The molecule has 4 heteroatoms. The van der Waals surface area contributed by atoms with Gasteiger partial charge in [-0.25, -0.2) is 9.78 Å². The van der Waals surface area contributed by atoms with E-state index in [0.29, 0.717) is 5.69 Å². The molecular weight excluding hydrogens is 156 g/mol. The lowest BCUT2D eigenvalue weighted by Gasteiger charge is -1.99. The maximum absolute atomic E-state index is 10.7. The first-order valence-corrected chi connectivity index (χ1v) is 3.83. The summed E-state index contributed by atoms with van der Waals surface area (Å²) < 4.78 is 1.62. The first kappa shape index (κ1) is 8.77. The molecular formula is C8H12N2O2. The van der Waals surface area contributed by atoms with E-state index in [1.54, 1.807) is 18.5 Å². The molecule has 0 saturated heterocycles. The summed E-state index contributed by atoms with van der Waals surface area (Å²) in [6, 6.07) is 0. The number of carboxylic acid groups (broad SMARTS) is 1. The fourth-order valence-electron chi connectivity index (χ4n) is 1.31. The Morgan fingerprint density at radius 3 is 2.50 bits per heavy atom. The van der Waals surface area contributed by atoms with Crippen LogP contribution >= 0.6 is 0 Å². The molecule has 1 N–H and O–H groups in total. The molecule has 1 rings (SSSR count). The molecule has 12 heavy (non-hydrogen) atoms. The number of aromatic carboxylic acids is 1. The van der Waals surface area contributed by atoms with Gasteiger partial charge in [0.05, 0.1) is 5.69 Å². The topological polar surface area (TPSA) is 55.1 Å². The minimum atomic E-state index is -0.915. The van der Waals surface area contributed by atoms with Crippen molar-refractivity contribution in [2.75, 3.05) is 0 Å². The predicted octanol–water partition coefficient (Wildman–Crippen LogP) is 0.989. The van der Waals surface area contributed by atoms with Crippen LogP contribution in [0.1, 0.15) is 28.9 Å². The predicted molar refractivity (Wildman–Crippen MR) is 44.3 cm³/mol. The maximum Gasteiger partial charge on any atom is 0.354 e. The van der Waals surface area contributed by atoms with Gasteiger partial charge in [-0.3, -0.25) is 0 Å². The first-order chi connectivity index (χ1) is 5.57. The standard InChI is InChI=1S/C8H12N2O2/c1-4-6-9-5(2)7(8(11)12)10(6)3/h4H2,1-3H3,(H,11,12). The SMILES string of the molecule is CCc1nc(C)c(C(=O)O)n1C. The van der Waals surface area contributed by atoms with Gasteiger partial charge < -0.3 is 9.67 Å². The molecule has 0 unspecified atom stereocenters. The Kier molecular flexibility index (Phi) is 2.17. The second-order valence-electron chi connectivity index (χ2n) is 2.68. The number of imidazole rings is 1. The van der Waals surface area contributed by atoms with Gasteiger partial charge in [-0.15, -0.1) is 0 Å². The van der Waals surface area contributed by atoms with Crippen molar-refractivity contribution >= 4 is 5.97 Å². The summed E-state index contributed by atoms with van der Waals surface area (Å²) >= 11 is 0. The second-order valence-corrected chi connectivity index (χ2v) is 2.68. The van der Waals surface area contributed by atoms with Crippen molar-refractivity contribution in [2.45, 2.75) is 20.3 Å². The number of rotatable bonds is 2. The Bertz CT molecular complexity index is 315. The highest BCUT2D eigenvalue weighted by atomic mass is 16.4. The molecule has 0 bridgehead atoms. The van der Waals surface area contributed by atoms with Crippen LogP contribution in [0.4, 0.5) is 0 Å². The highest BCUT2D eigenvalue weighted by Gasteiger charge is 2.15. The third kappa shape index (κ3) is 1.20. The number of carbonyl (C=O) groups is 1. The molecule has 0 aliphatic heterocycles. The van der Waals surface area contributed by atoms with Gasteiger partial charge >= 0.3 is 5.97 Å². The normalized spacial score (nSPS) is 10.2. The van der Waals surface area contributed by atoms with Gasteiger partial charge in [-0.05, 0) is 6.92 Å². The average Bonchev–Trinajstić information content (AvgIpc) is 2.25. The average molecular weight is 168 g/mol. The summed E-state index contributed by atoms with van der Waals surface area (Å²) in [6.07, 6.45) is 0.755. The highest BCUT2D eigenvalue weighted by Crippen LogP contribution is 2.09. The van der Waals surface area contributed by atoms with Gasteiger partial charge in [-0.1, -0.05) is 6.92 Å². The minimum Gasteiger partial charge on any atom is -0.477 e. The van der Waals surface area contributed by atoms with E-state index in [1.807, 2.05) is 6.92 Å². The zero-order valence-corrected chi connectivity index (χ0v) is 7.46. The molecule has 1 heterocycles. The van der Waals surface area contributed by atoms with Crippen molar-refractivity contribution in [2.24, 2.45) is 7.05 Å². The number of carboxylic acids is 1. The molecule has 0 amide bonds. The summed E-state index contributed by atoms with van der Waals surface area (Å²) in [4.78, 5) is 14.8. The van der Waals surface area contributed by atoms with Crippen molar-refractivity contribution in [1.29, 1.82) is 0 Å². The molecule has 4 nitrogen and oxygen atoms in total. The number of hydrogen-bond acceptors (Lipinski definition) is 2. The van der Waals surface area contributed by atoms with E-state index in [0.717, 1.165) is 12.2 Å².